The van der Waals surface area contributed by atoms with E-state index in [0.717, 1.165) is 57.9 Å². The van der Waals surface area contributed by atoms with Crippen molar-refractivity contribution in [3.63, 3.8) is 0 Å². The molecular weight excluding hydrogens is 348 g/mol. The lowest BCUT2D eigenvalue weighted by molar-refractivity contribution is -0.138. The van der Waals surface area contributed by atoms with Crippen LogP contribution in [0.5, 0.6) is 0 Å². The number of carbonyl (C=O) groups is 1. The Hall–Kier alpha value is -2.40. The third-order valence-electron chi connectivity index (χ3n) is 6.00. The van der Waals surface area contributed by atoms with Gasteiger partial charge in [-0.3, -0.25) is 9.69 Å². The van der Waals surface area contributed by atoms with Crippen LogP contribution in [0, 0.1) is 6.92 Å². The molecule has 1 atom stereocenters. The maximum atomic E-state index is 13.3. The number of amides is 1. The normalized spacial score (nSPS) is 21.0. The van der Waals surface area contributed by atoms with Crippen molar-refractivity contribution >= 4 is 11.7 Å². The van der Waals surface area contributed by atoms with Crippen LogP contribution in [0.4, 0.5) is 5.82 Å². The molecule has 1 amide bonds. The molecule has 1 aromatic heterocycles. The van der Waals surface area contributed by atoms with Gasteiger partial charge in [0.05, 0.1) is 6.04 Å². The van der Waals surface area contributed by atoms with E-state index >= 15 is 0 Å². The Bertz CT molecular complexity index is 786. The van der Waals surface area contributed by atoms with E-state index in [1.54, 1.807) is 0 Å². The molecule has 1 aromatic carbocycles. The summed E-state index contributed by atoms with van der Waals surface area (Å²) in [5.41, 5.74) is 2.49. The summed E-state index contributed by atoms with van der Waals surface area (Å²) in [6, 6.07) is 14.6. The average Bonchev–Trinajstić information content (AvgIpc) is 2.75. The van der Waals surface area contributed by atoms with Crippen LogP contribution in [-0.2, 0) is 11.3 Å². The minimum absolute atomic E-state index is 0.0251. The maximum Gasteiger partial charge on any atom is 0.240 e. The first-order valence-corrected chi connectivity index (χ1v) is 10.5. The van der Waals surface area contributed by atoms with Crippen molar-refractivity contribution in [2.45, 2.75) is 38.8 Å². The van der Waals surface area contributed by atoms with E-state index in [4.69, 9.17) is 0 Å². The molecule has 2 aliphatic rings. The molecule has 0 radical (unpaired) electrons. The second-order valence-corrected chi connectivity index (χ2v) is 7.92. The second-order valence-electron chi connectivity index (χ2n) is 7.92. The van der Waals surface area contributed by atoms with Gasteiger partial charge in [0, 0.05) is 38.9 Å². The molecule has 0 aliphatic carbocycles. The Morgan fingerprint density at radius 1 is 1.00 bits per heavy atom. The first kappa shape index (κ1) is 18.9. The van der Waals surface area contributed by atoms with Gasteiger partial charge in [-0.05, 0) is 43.5 Å². The minimum atomic E-state index is 0.0251. The molecule has 148 valence electrons. The molecule has 0 spiro atoms. The summed E-state index contributed by atoms with van der Waals surface area (Å²) < 4.78 is 0. The summed E-state index contributed by atoms with van der Waals surface area (Å²) in [6.07, 6.45) is 5.16. The molecule has 0 bridgehead atoms. The van der Waals surface area contributed by atoms with Crippen molar-refractivity contribution in [2.75, 3.05) is 37.6 Å². The van der Waals surface area contributed by atoms with Crippen molar-refractivity contribution in [3.05, 3.63) is 59.8 Å². The number of hydrogen-bond donors (Lipinski definition) is 0. The Kier molecular flexibility index (Phi) is 5.91. The van der Waals surface area contributed by atoms with Crippen LogP contribution in [0.3, 0.4) is 0 Å². The molecule has 3 heterocycles. The summed E-state index contributed by atoms with van der Waals surface area (Å²) in [5.74, 6) is 1.37. The van der Waals surface area contributed by atoms with Crippen molar-refractivity contribution < 1.29 is 4.79 Å². The zero-order valence-electron chi connectivity index (χ0n) is 16.8. The number of hydrogen-bond acceptors (Lipinski definition) is 4. The highest BCUT2D eigenvalue weighted by Crippen LogP contribution is 2.23. The predicted octanol–water partition coefficient (Wildman–Crippen LogP) is 3.09. The van der Waals surface area contributed by atoms with Crippen molar-refractivity contribution in [1.29, 1.82) is 0 Å². The largest absolute Gasteiger partial charge is 0.353 e. The van der Waals surface area contributed by atoms with Gasteiger partial charge in [0.2, 0.25) is 5.91 Å². The molecule has 2 fully saturated rings. The number of likely N-dealkylation sites (tertiary alicyclic amines) is 1. The van der Waals surface area contributed by atoms with Gasteiger partial charge in [0.15, 0.2) is 0 Å². The van der Waals surface area contributed by atoms with Gasteiger partial charge in [-0.2, -0.15) is 0 Å². The molecule has 1 unspecified atom stereocenters. The van der Waals surface area contributed by atoms with E-state index in [1.807, 2.05) is 18.3 Å². The highest BCUT2D eigenvalue weighted by atomic mass is 16.2. The first-order chi connectivity index (χ1) is 13.7. The summed E-state index contributed by atoms with van der Waals surface area (Å²) in [7, 11) is 0. The zero-order valence-corrected chi connectivity index (χ0v) is 16.8. The highest BCUT2D eigenvalue weighted by Gasteiger charge is 2.33. The Labute approximate surface area is 168 Å². The molecule has 0 saturated carbocycles. The van der Waals surface area contributed by atoms with Crippen molar-refractivity contribution in [3.8, 4) is 0 Å². The minimum Gasteiger partial charge on any atom is -0.353 e. The van der Waals surface area contributed by atoms with Gasteiger partial charge < -0.3 is 9.80 Å². The second kappa shape index (κ2) is 8.74. The molecule has 5 nitrogen and oxygen atoms in total. The number of aryl methyl sites for hydroxylation is 1. The van der Waals surface area contributed by atoms with Gasteiger partial charge in [-0.1, -0.05) is 42.8 Å². The number of piperazine rings is 1. The van der Waals surface area contributed by atoms with Crippen LogP contribution in [-0.4, -0.2) is 59.5 Å². The number of nitrogens with zero attached hydrogens (tertiary/aromatic N) is 4. The fraction of sp³-hybridized carbons (Fsp3) is 0.478. The Morgan fingerprint density at radius 3 is 2.54 bits per heavy atom. The number of pyridine rings is 1. The number of aromatic nitrogens is 1. The van der Waals surface area contributed by atoms with E-state index in [1.165, 1.54) is 17.5 Å². The SMILES string of the molecule is Cc1cccnc1N1CCN(C(=O)C2CCCCN2Cc2ccccc2)CC1. The van der Waals surface area contributed by atoms with Crippen LogP contribution in [0.1, 0.15) is 30.4 Å². The summed E-state index contributed by atoms with van der Waals surface area (Å²) in [5, 5.41) is 0. The summed E-state index contributed by atoms with van der Waals surface area (Å²) in [6.45, 7) is 7.26. The Morgan fingerprint density at radius 2 is 1.79 bits per heavy atom. The molecule has 4 rings (SSSR count). The summed E-state index contributed by atoms with van der Waals surface area (Å²) >= 11 is 0. The fourth-order valence-electron chi connectivity index (χ4n) is 4.44. The molecular formula is C23H30N4O. The van der Waals surface area contributed by atoms with Crippen LogP contribution in [0.15, 0.2) is 48.7 Å². The van der Waals surface area contributed by atoms with Crippen LogP contribution < -0.4 is 4.90 Å². The van der Waals surface area contributed by atoms with Crippen LogP contribution in [0.25, 0.3) is 0 Å². The van der Waals surface area contributed by atoms with Crippen LogP contribution >= 0.6 is 0 Å². The molecule has 0 N–H and O–H groups in total. The van der Waals surface area contributed by atoms with E-state index in [9.17, 15) is 4.79 Å². The molecule has 2 aromatic rings. The third-order valence-corrected chi connectivity index (χ3v) is 6.00. The van der Waals surface area contributed by atoms with Gasteiger partial charge in [0.25, 0.3) is 0 Å². The third kappa shape index (κ3) is 4.20. The molecule has 2 saturated heterocycles. The number of anilines is 1. The highest BCUT2D eigenvalue weighted by molar-refractivity contribution is 5.82. The lowest BCUT2D eigenvalue weighted by Crippen LogP contribution is -2.56. The van der Waals surface area contributed by atoms with E-state index < -0.39 is 0 Å². The van der Waals surface area contributed by atoms with Gasteiger partial charge in [-0.25, -0.2) is 4.98 Å². The van der Waals surface area contributed by atoms with Crippen molar-refractivity contribution in [1.82, 2.24) is 14.8 Å². The maximum absolute atomic E-state index is 13.3. The van der Waals surface area contributed by atoms with Gasteiger partial charge in [0.1, 0.15) is 5.82 Å². The molecule has 5 heteroatoms. The quantitative estimate of drug-likeness (QED) is 0.820. The van der Waals surface area contributed by atoms with Crippen molar-refractivity contribution in [2.24, 2.45) is 0 Å². The fourth-order valence-corrected chi connectivity index (χ4v) is 4.44. The van der Waals surface area contributed by atoms with E-state index in [-0.39, 0.29) is 6.04 Å². The predicted molar refractivity (Wildman–Crippen MR) is 112 cm³/mol. The average molecular weight is 379 g/mol. The first-order valence-electron chi connectivity index (χ1n) is 10.5. The number of piperidine rings is 1. The standard InChI is InChI=1S/C23H30N4O/c1-19-8-7-12-24-22(19)25-14-16-26(17-15-25)23(28)21-11-5-6-13-27(21)18-20-9-3-2-4-10-20/h2-4,7-10,12,21H,5-6,11,13-18H2,1H3. The van der Waals surface area contributed by atoms with Crippen LogP contribution in [0.2, 0.25) is 0 Å². The lowest BCUT2D eigenvalue weighted by Gasteiger charge is -2.41. The number of carbonyl (C=O) groups excluding carboxylic acids is 1. The summed E-state index contributed by atoms with van der Waals surface area (Å²) in [4.78, 5) is 24.6. The smallest absolute Gasteiger partial charge is 0.240 e. The van der Waals surface area contributed by atoms with Gasteiger partial charge in [-0.15, -0.1) is 0 Å². The van der Waals surface area contributed by atoms with Gasteiger partial charge >= 0.3 is 0 Å². The zero-order chi connectivity index (χ0) is 19.3. The molecule has 2 aliphatic heterocycles. The Balaban J connectivity index is 1.39. The topological polar surface area (TPSA) is 39.7 Å². The number of rotatable bonds is 4. The van der Waals surface area contributed by atoms with E-state index in [2.05, 4.69) is 56.9 Å². The van der Waals surface area contributed by atoms with E-state index in [0.29, 0.717) is 5.91 Å². The lowest BCUT2D eigenvalue weighted by atomic mass is 9.99. The number of benzene rings is 1. The monoisotopic (exact) mass is 378 g/mol. The molecule has 28 heavy (non-hydrogen) atoms.